The van der Waals surface area contributed by atoms with Crippen LogP contribution in [0.25, 0.3) is 0 Å². The molecule has 96 valence electrons. The molecule has 2 aromatic rings. The maximum absolute atomic E-state index is 12.0. The van der Waals surface area contributed by atoms with Crippen LogP contribution in [0.3, 0.4) is 0 Å². The summed E-state index contributed by atoms with van der Waals surface area (Å²) in [6.07, 6.45) is 2.79. The van der Waals surface area contributed by atoms with E-state index in [4.69, 9.17) is 0 Å². The SMILES string of the molecule is CCc1cc(C(=O)NCc2cnc(C)s2)sc1C. The second-order valence-corrected chi connectivity index (χ2v) is 6.65. The number of thiazole rings is 1. The summed E-state index contributed by atoms with van der Waals surface area (Å²) >= 11 is 3.18. The lowest BCUT2D eigenvalue weighted by Crippen LogP contribution is -2.21. The quantitative estimate of drug-likeness (QED) is 0.933. The zero-order valence-corrected chi connectivity index (χ0v) is 12.4. The molecule has 1 amide bonds. The van der Waals surface area contributed by atoms with Crippen molar-refractivity contribution < 1.29 is 4.79 Å². The van der Waals surface area contributed by atoms with Crippen LogP contribution in [0.5, 0.6) is 0 Å². The van der Waals surface area contributed by atoms with E-state index in [0.717, 1.165) is 21.2 Å². The Morgan fingerprint density at radius 2 is 2.17 bits per heavy atom. The van der Waals surface area contributed by atoms with Crippen molar-refractivity contribution in [1.29, 1.82) is 0 Å². The van der Waals surface area contributed by atoms with Crippen LogP contribution in [0.4, 0.5) is 0 Å². The Morgan fingerprint density at radius 3 is 2.72 bits per heavy atom. The van der Waals surface area contributed by atoms with Crippen LogP contribution < -0.4 is 5.32 Å². The van der Waals surface area contributed by atoms with E-state index >= 15 is 0 Å². The van der Waals surface area contributed by atoms with Crippen LogP contribution in [0.1, 0.15) is 36.9 Å². The maximum Gasteiger partial charge on any atom is 0.261 e. The molecule has 0 saturated heterocycles. The van der Waals surface area contributed by atoms with Gasteiger partial charge in [-0.15, -0.1) is 22.7 Å². The topological polar surface area (TPSA) is 42.0 Å². The fraction of sp³-hybridized carbons (Fsp3) is 0.385. The average molecular weight is 280 g/mol. The standard InChI is InChI=1S/C13H16N2OS2/c1-4-10-5-12(17-8(10)2)13(16)15-7-11-6-14-9(3)18-11/h5-6H,4,7H2,1-3H3,(H,15,16). The fourth-order valence-corrected chi connectivity index (χ4v) is 3.49. The van der Waals surface area contributed by atoms with Crippen LogP contribution in [-0.4, -0.2) is 10.9 Å². The molecule has 2 aromatic heterocycles. The van der Waals surface area contributed by atoms with Gasteiger partial charge in [0, 0.05) is 16.0 Å². The molecule has 0 aliphatic heterocycles. The second kappa shape index (κ2) is 5.63. The van der Waals surface area contributed by atoms with Gasteiger partial charge in [-0.3, -0.25) is 4.79 Å². The lowest BCUT2D eigenvalue weighted by molar-refractivity contribution is 0.0955. The van der Waals surface area contributed by atoms with Crippen LogP contribution >= 0.6 is 22.7 Å². The highest BCUT2D eigenvalue weighted by Crippen LogP contribution is 2.22. The molecule has 0 aliphatic rings. The summed E-state index contributed by atoms with van der Waals surface area (Å²) in [5.41, 5.74) is 1.26. The minimum Gasteiger partial charge on any atom is -0.346 e. The van der Waals surface area contributed by atoms with Gasteiger partial charge in [0.15, 0.2) is 0 Å². The Morgan fingerprint density at radius 1 is 1.39 bits per heavy atom. The third-order valence-corrected chi connectivity index (χ3v) is 4.72. The fourth-order valence-electron chi connectivity index (χ4n) is 1.72. The molecule has 0 spiro atoms. The van der Waals surface area contributed by atoms with Gasteiger partial charge in [0.25, 0.3) is 5.91 Å². The molecule has 0 radical (unpaired) electrons. The van der Waals surface area contributed by atoms with E-state index in [0.29, 0.717) is 6.54 Å². The summed E-state index contributed by atoms with van der Waals surface area (Å²) in [6, 6.07) is 1.99. The van der Waals surface area contributed by atoms with E-state index in [1.165, 1.54) is 10.4 Å². The molecule has 5 heteroatoms. The van der Waals surface area contributed by atoms with E-state index in [1.807, 2.05) is 19.2 Å². The van der Waals surface area contributed by atoms with Crippen molar-refractivity contribution in [2.45, 2.75) is 33.7 Å². The van der Waals surface area contributed by atoms with Crippen LogP contribution in [-0.2, 0) is 13.0 Å². The Labute approximate surface area is 115 Å². The number of aromatic nitrogens is 1. The van der Waals surface area contributed by atoms with Crippen LogP contribution in [0.2, 0.25) is 0 Å². The van der Waals surface area contributed by atoms with Crippen molar-refractivity contribution >= 4 is 28.6 Å². The first kappa shape index (κ1) is 13.2. The molecule has 3 nitrogen and oxygen atoms in total. The number of nitrogens with one attached hydrogen (secondary N) is 1. The Bertz CT molecular complexity index is 557. The van der Waals surface area contributed by atoms with Gasteiger partial charge in [-0.1, -0.05) is 6.92 Å². The number of hydrogen-bond acceptors (Lipinski definition) is 4. The Kier molecular flexibility index (Phi) is 4.14. The van der Waals surface area contributed by atoms with Crippen molar-refractivity contribution in [1.82, 2.24) is 10.3 Å². The maximum atomic E-state index is 12.0. The molecule has 0 unspecified atom stereocenters. The zero-order chi connectivity index (χ0) is 13.1. The van der Waals surface area contributed by atoms with Crippen molar-refractivity contribution in [3.05, 3.63) is 37.5 Å². The average Bonchev–Trinajstić information content (AvgIpc) is 2.92. The van der Waals surface area contributed by atoms with Crippen molar-refractivity contribution in [2.75, 3.05) is 0 Å². The number of hydrogen-bond donors (Lipinski definition) is 1. The van der Waals surface area contributed by atoms with Gasteiger partial charge in [0.1, 0.15) is 0 Å². The van der Waals surface area contributed by atoms with E-state index in [2.05, 4.69) is 24.1 Å². The van der Waals surface area contributed by atoms with Gasteiger partial charge < -0.3 is 5.32 Å². The molecule has 0 saturated carbocycles. The largest absolute Gasteiger partial charge is 0.346 e. The number of carbonyl (C=O) groups is 1. The Hall–Kier alpha value is -1.20. The lowest BCUT2D eigenvalue weighted by Gasteiger charge is -2.00. The highest BCUT2D eigenvalue weighted by molar-refractivity contribution is 7.14. The third-order valence-electron chi connectivity index (χ3n) is 2.72. The number of nitrogens with zero attached hydrogens (tertiary/aromatic N) is 1. The summed E-state index contributed by atoms with van der Waals surface area (Å²) in [5, 5.41) is 3.96. The summed E-state index contributed by atoms with van der Waals surface area (Å²) in [5.74, 6) is 0.00820. The molecule has 1 N–H and O–H groups in total. The lowest BCUT2D eigenvalue weighted by atomic mass is 10.2. The first-order chi connectivity index (χ1) is 8.60. The van der Waals surface area contributed by atoms with Gasteiger partial charge in [-0.2, -0.15) is 0 Å². The third kappa shape index (κ3) is 2.97. The molecule has 18 heavy (non-hydrogen) atoms. The predicted octanol–water partition coefficient (Wildman–Crippen LogP) is 3.31. The number of aryl methyl sites for hydroxylation is 3. The van der Waals surface area contributed by atoms with Gasteiger partial charge in [-0.05, 0) is 31.9 Å². The molecule has 0 aromatic carbocycles. The summed E-state index contributed by atoms with van der Waals surface area (Å²) in [4.78, 5) is 19.3. The summed E-state index contributed by atoms with van der Waals surface area (Å²) < 4.78 is 0. The molecule has 2 heterocycles. The van der Waals surface area contributed by atoms with Crippen LogP contribution in [0, 0.1) is 13.8 Å². The number of amides is 1. The monoisotopic (exact) mass is 280 g/mol. The normalized spacial score (nSPS) is 10.6. The number of thiophene rings is 1. The minimum atomic E-state index is 0.00820. The van der Waals surface area contributed by atoms with E-state index in [-0.39, 0.29) is 5.91 Å². The second-order valence-electron chi connectivity index (χ2n) is 4.07. The molecular weight excluding hydrogens is 264 g/mol. The van der Waals surface area contributed by atoms with Gasteiger partial charge in [0.2, 0.25) is 0 Å². The Balaban J connectivity index is 1.99. The molecule has 0 atom stereocenters. The highest BCUT2D eigenvalue weighted by Gasteiger charge is 2.11. The molecule has 0 fully saturated rings. The van der Waals surface area contributed by atoms with Gasteiger partial charge in [0.05, 0.1) is 16.4 Å². The number of carbonyl (C=O) groups excluding carboxylic acids is 1. The van der Waals surface area contributed by atoms with Crippen molar-refractivity contribution in [2.24, 2.45) is 0 Å². The molecule has 0 aliphatic carbocycles. The molecule has 2 rings (SSSR count). The van der Waals surface area contributed by atoms with Crippen LogP contribution in [0.15, 0.2) is 12.3 Å². The summed E-state index contributed by atoms with van der Waals surface area (Å²) in [6.45, 7) is 6.69. The van der Waals surface area contributed by atoms with Gasteiger partial charge >= 0.3 is 0 Å². The minimum absolute atomic E-state index is 0.00820. The van der Waals surface area contributed by atoms with E-state index < -0.39 is 0 Å². The smallest absolute Gasteiger partial charge is 0.261 e. The first-order valence-electron chi connectivity index (χ1n) is 5.89. The zero-order valence-electron chi connectivity index (χ0n) is 10.7. The predicted molar refractivity (Wildman–Crippen MR) is 76.5 cm³/mol. The first-order valence-corrected chi connectivity index (χ1v) is 7.52. The van der Waals surface area contributed by atoms with E-state index in [1.54, 1.807) is 22.7 Å². The van der Waals surface area contributed by atoms with Gasteiger partial charge in [-0.25, -0.2) is 4.98 Å². The van der Waals surface area contributed by atoms with E-state index in [9.17, 15) is 4.79 Å². The summed E-state index contributed by atoms with van der Waals surface area (Å²) in [7, 11) is 0. The number of rotatable bonds is 4. The highest BCUT2D eigenvalue weighted by atomic mass is 32.1. The molecule has 0 bridgehead atoms. The van der Waals surface area contributed by atoms with Crippen molar-refractivity contribution in [3.8, 4) is 0 Å². The molecular formula is C13H16N2OS2. The van der Waals surface area contributed by atoms with Crippen molar-refractivity contribution in [3.63, 3.8) is 0 Å².